The predicted molar refractivity (Wildman–Crippen MR) is 109 cm³/mol. The summed E-state index contributed by atoms with van der Waals surface area (Å²) in [6, 6.07) is 15.1. The van der Waals surface area contributed by atoms with Crippen molar-refractivity contribution in [1.82, 2.24) is 4.90 Å². The maximum absolute atomic E-state index is 12.6. The minimum absolute atomic E-state index is 0.0251. The number of rotatable bonds is 4. The summed E-state index contributed by atoms with van der Waals surface area (Å²) in [5, 5.41) is 3.46. The summed E-state index contributed by atoms with van der Waals surface area (Å²) in [6.45, 7) is 5.42. The first-order valence-corrected chi connectivity index (χ1v) is 9.78. The minimum atomic E-state index is -0.0786. The summed E-state index contributed by atoms with van der Waals surface area (Å²) in [6.07, 6.45) is 1.32. The number of amides is 2. The SMILES string of the molecule is CC(C)c1ccc(NC(=O)C2CCN(C(=O)c3ccccc3Cl)CC2)cc1. The van der Waals surface area contributed by atoms with Crippen LogP contribution in [0.5, 0.6) is 0 Å². The molecule has 5 heteroatoms. The number of nitrogens with zero attached hydrogens (tertiary/aromatic N) is 1. The van der Waals surface area contributed by atoms with Gasteiger partial charge in [0.05, 0.1) is 10.6 Å². The zero-order valence-corrected chi connectivity index (χ0v) is 16.5. The molecular formula is C22H25ClN2O2. The van der Waals surface area contributed by atoms with E-state index in [9.17, 15) is 9.59 Å². The molecule has 2 amide bonds. The molecule has 0 bridgehead atoms. The highest BCUT2D eigenvalue weighted by molar-refractivity contribution is 6.33. The van der Waals surface area contributed by atoms with Crippen LogP contribution in [0.15, 0.2) is 48.5 Å². The van der Waals surface area contributed by atoms with Crippen molar-refractivity contribution in [3.05, 3.63) is 64.7 Å². The second-order valence-corrected chi connectivity index (χ2v) is 7.72. The molecule has 0 unspecified atom stereocenters. The molecule has 1 aliphatic heterocycles. The van der Waals surface area contributed by atoms with Gasteiger partial charge in [-0.05, 0) is 48.6 Å². The van der Waals surface area contributed by atoms with Crippen molar-refractivity contribution in [2.45, 2.75) is 32.6 Å². The van der Waals surface area contributed by atoms with E-state index in [0.29, 0.717) is 42.4 Å². The van der Waals surface area contributed by atoms with Crippen LogP contribution in [0.3, 0.4) is 0 Å². The van der Waals surface area contributed by atoms with E-state index >= 15 is 0 Å². The van der Waals surface area contributed by atoms with Crippen LogP contribution in [0, 0.1) is 5.92 Å². The van der Waals surface area contributed by atoms with Gasteiger partial charge in [-0.2, -0.15) is 0 Å². The van der Waals surface area contributed by atoms with Crippen LogP contribution in [0.25, 0.3) is 0 Å². The second-order valence-electron chi connectivity index (χ2n) is 7.31. The van der Waals surface area contributed by atoms with Crippen LogP contribution >= 0.6 is 11.6 Å². The fourth-order valence-corrected chi connectivity index (χ4v) is 3.56. The van der Waals surface area contributed by atoms with E-state index in [1.807, 2.05) is 36.4 Å². The second kappa shape index (κ2) is 8.57. The molecule has 0 spiro atoms. The molecule has 1 aliphatic rings. The molecule has 0 saturated carbocycles. The average molecular weight is 385 g/mol. The molecular weight excluding hydrogens is 360 g/mol. The van der Waals surface area contributed by atoms with Crippen molar-refractivity contribution < 1.29 is 9.59 Å². The number of benzene rings is 2. The van der Waals surface area contributed by atoms with Crippen LogP contribution in [-0.2, 0) is 4.79 Å². The fraction of sp³-hybridized carbons (Fsp3) is 0.364. The van der Waals surface area contributed by atoms with Crippen LogP contribution in [0.1, 0.15) is 48.5 Å². The van der Waals surface area contributed by atoms with Crippen LogP contribution in [0.4, 0.5) is 5.69 Å². The molecule has 3 rings (SSSR count). The van der Waals surface area contributed by atoms with Gasteiger partial charge >= 0.3 is 0 Å². The number of anilines is 1. The summed E-state index contributed by atoms with van der Waals surface area (Å²) in [5.74, 6) is 0.348. The van der Waals surface area contributed by atoms with Gasteiger partial charge in [-0.25, -0.2) is 0 Å². The fourth-order valence-electron chi connectivity index (χ4n) is 3.35. The maximum atomic E-state index is 12.6. The molecule has 1 heterocycles. The predicted octanol–water partition coefficient (Wildman–Crippen LogP) is 4.95. The first-order valence-electron chi connectivity index (χ1n) is 9.40. The molecule has 1 saturated heterocycles. The molecule has 0 atom stereocenters. The van der Waals surface area contributed by atoms with E-state index in [2.05, 4.69) is 19.2 Å². The molecule has 1 N–H and O–H groups in total. The van der Waals surface area contributed by atoms with Crippen LogP contribution in [0.2, 0.25) is 5.02 Å². The van der Waals surface area contributed by atoms with Crippen molar-refractivity contribution in [2.24, 2.45) is 5.92 Å². The summed E-state index contributed by atoms with van der Waals surface area (Å²) in [7, 11) is 0. The van der Waals surface area contributed by atoms with Gasteiger partial charge in [0.2, 0.25) is 5.91 Å². The third-order valence-electron chi connectivity index (χ3n) is 5.10. The summed E-state index contributed by atoms with van der Waals surface area (Å²) in [4.78, 5) is 26.9. The molecule has 4 nitrogen and oxygen atoms in total. The lowest BCUT2D eigenvalue weighted by atomic mass is 9.95. The molecule has 2 aromatic carbocycles. The largest absolute Gasteiger partial charge is 0.339 e. The Kier molecular flexibility index (Phi) is 6.17. The average Bonchev–Trinajstić information content (AvgIpc) is 2.68. The van der Waals surface area contributed by atoms with E-state index in [4.69, 9.17) is 11.6 Å². The topological polar surface area (TPSA) is 49.4 Å². The Labute approximate surface area is 165 Å². The smallest absolute Gasteiger partial charge is 0.255 e. The Morgan fingerprint density at radius 2 is 1.67 bits per heavy atom. The molecule has 2 aromatic rings. The molecule has 0 radical (unpaired) electrons. The van der Waals surface area contributed by atoms with Crippen molar-refractivity contribution in [3.8, 4) is 0 Å². The molecule has 0 aromatic heterocycles. The van der Waals surface area contributed by atoms with Crippen LogP contribution in [-0.4, -0.2) is 29.8 Å². The van der Waals surface area contributed by atoms with E-state index < -0.39 is 0 Å². The Morgan fingerprint density at radius 3 is 2.26 bits per heavy atom. The zero-order chi connectivity index (χ0) is 19.4. The number of piperidine rings is 1. The lowest BCUT2D eigenvalue weighted by Gasteiger charge is -2.31. The molecule has 142 valence electrons. The van der Waals surface area contributed by atoms with E-state index in [1.165, 1.54) is 5.56 Å². The Morgan fingerprint density at radius 1 is 1.04 bits per heavy atom. The minimum Gasteiger partial charge on any atom is -0.339 e. The van der Waals surface area contributed by atoms with Gasteiger partial charge in [-0.15, -0.1) is 0 Å². The van der Waals surface area contributed by atoms with Gasteiger partial charge in [0.15, 0.2) is 0 Å². The van der Waals surface area contributed by atoms with Gasteiger partial charge in [0.25, 0.3) is 5.91 Å². The van der Waals surface area contributed by atoms with Gasteiger partial charge < -0.3 is 10.2 Å². The van der Waals surface area contributed by atoms with Gasteiger partial charge in [-0.3, -0.25) is 9.59 Å². The van der Waals surface area contributed by atoms with Gasteiger partial charge in [-0.1, -0.05) is 49.7 Å². The summed E-state index contributed by atoms with van der Waals surface area (Å²) >= 11 is 6.13. The summed E-state index contributed by atoms with van der Waals surface area (Å²) < 4.78 is 0. The number of carbonyl (C=O) groups is 2. The lowest BCUT2D eigenvalue weighted by Crippen LogP contribution is -2.41. The quantitative estimate of drug-likeness (QED) is 0.810. The first kappa shape index (κ1) is 19.4. The van der Waals surface area contributed by atoms with Crippen molar-refractivity contribution >= 4 is 29.1 Å². The molecule has 1 fully saturated rings. The maximum Gasteiger partial charge on any atom is 0.255 e. The van der Waals surface area contributed by atoms with Crippen molar-refractivity contribution in [3.63, 3.8) is 0 Å². The molecule has 0 aliphatic carbocycles. The Balaban J connectivity index is 1.55. The van der Waals surface area contributed by atoms with Gasteiger partial charge in [0.1, 0.15) is 0 Å². The zero-order valence-electron chi connectivity index (χ0n) is 15.7. The number of hydrogen-bond donors (Lipinski definition) is 1. The monoisotopic (exact) mass is 384 g/mol. The summed E-state index contributed by atoms with van der Waals surface area (Å²) in [5.41, 5.74) is 2.59. The number of hydrogen-bond acceptors (Lipinski definition) is 2. The van der Waals surface area contributed by atoms with Crippen LogP contribution < -0.4 is 5.32 Å². The Bertz CT molecular complexity index is 809. The first-order chi connectivity index (χ1) is 13.0. The van der Waals surface area contributed by atoms with E-state index in [-0.39, 0.29) is 17.7 Å². The number of nitrogens with one attached hydrogen (secondary N) is 1. The van der Waals surface area contributed by atoms with Crippen molar-refractivity contribution in [1.29, 1.82) is 0 Å². The molecule has 27 heavy (non-hydrogen) atoms. The lowest BCUT2D eigenvalue weighted by molar-refractivity contribution is -0.121. The third-order valence-corrected chi connectivity index (χ3v) is 5.43. The Hall–Kier alpha value is -2.33. The highest BCUT2D eigenvalue weighted by Gasteiger charge is 2.28. The van der Waals surface area contributed by atoms with E-state index in [1.54, 1.807) is 17.0 Å². The number of carbonyl (C=O) groups excluding carboxylic acids is 2. The third kappa shape index (κ3) is 4.69. The van der Waals surface area contributed by atoms with Crippen molar-refractivity contribution in [2.75, 3.05) is 18.4 Å². The standard InChI is InChI=1S/C22H25ClN2O2/c1-15(2)16-7-9-18(10-8-16)24-21(26)17-11-13-25(14-12-17)22(27)19-5-3-4-6-20(19)23/h3-10,15,17H,11-14H2,1-2H3,(H,24,26). The number of likely N-dealkylation sites (tertiary alicyclic amines) is 1. The normalized spacial score (nSPS) is 15.0. The highest BCUT2D eigenvalue weighted by atomic mass is 35.5. The van der Waals surface area contributed by atoms with Gasteiger partial charge in [0, 0.05) is 24.7 Å². The van der Waals surface area contributed by atoms with E-state index in [0.717, 1.165) is 5.69 Å². The highest BCUT2D eigenvalue weighted by Crippen LogP contribution is 2.24. The number of halogens is 1.